The van der Waals surface area contributed by atoms with Crippen molar-refractivity contribution in [2.24, 2.45) is 0 Å². The molecule has 84 valence electrons. The summed E-state index contributed by atoms with van der Waals surface area (Å²) in [5.74, 6) is -0.427. The molecular weight excluding hydrogens is 233 g/mol. The largest absolute Gasteiger partial charge is 0.506 e. The Morgan fingerprint density at radius 3 is 2.75 bits per heavy atom. The van der Waals surface area contributed by atoms with Gasteiger partial charge in [0.2, 0.25) is 0 Å². The fraction of sp³-hybridized carbons (Fsp3) is 0.100. The predicted molar refractivity (Wildman–Crippen MR) is 59.8 cm³/mol. The molecule has 0 fully saturated rings. The van der Waals surface area contributed by atoms with Gasteiger partial charge in [0, 0.05) is 11.6 Å². The van der Waals surface area contributed by atoms with Crippen molar-refractivity contribution in [3.63, 3.8) is 0 Å². The average molecular weight is 242 g/mol. The van der Waals surface area contributed by atoms with Gasteiger partial charge >= 0.3 is 0 Å². The van der Waals surface area contributed by atoms with E-state index in [4.69, 9.17) is 17.3 Å². The number of halogens is 2. The maximum atomic E-state index is 13.5. The molecule has 6 heteroatoms. The Morgan fingerprint density at radius 2 is 2.19 bits per heavy atom. The minimum Gasteiger partial charge on any atom is -0.506 e. The lowest BCUT2D eigenvalue weighted by atomic mass is 10.0. The lowest BCUT2D eigenvalue weighted by molar-refractivity contribution is 0.474. The number of aromatic amines is 1. The molecule has 0 bridgehead atoms. The molecule has 0 aliphatic carbocycles. The summed E-state index contributed by atoms with van der Waals surface area (Å²) in [4.78, 5) is 0. The van der Waals surface area contributed by atoms with Crippen molar-refractivity contribution >= 4 is 17.4 Å². The molecule has 16 heavy (non-hydrogen) atoms. The molecule has 0 saturated heterocycles. The zero-order valence-electron chi connectivity index (χ0n) is 8.38. The number of nitrogens with one attached hydrogen (secondary N) is 1. The number of nitrogens with two attached hydrogens (primary N) is 1. The second-order valence-corrected chi connectivity index (χ2v) is 3.80. The molecule has 0 radical (unpaired) electrons. The van der Waals surface area contributed by atoms with Gasteiger partial charge in [0.1, 0.15) is 17.4 Å². The van der Waals surface area contributed by atoms with Crippen LogP contribution in [-0.2, 0) is 0 Å². The van der Waals surface area contributed by atoms with Gasteiger partial charge in [0.25, 0.3) is 0 Å². The molecule has 1 aromatic carbocycles. The van der Waals surface area contributed by atoms with Crippen LogP contribution >= 0.6 is 11.6 Å². The number of phenolic OH excluding ortho intramolecular Hbond substituents is 1. The van der Waals surface area contributed by atoms with Gasteiger partial charge < -0.3 is 10.8 Å². The van der Waals surface area contributed by atoms with Crippen molar-refractivity contribution < 1.29 is 9.50 Å². The SMILES string of the molecule is Cc1c(F)cc(Cl)c(O)c1-c1cc(N)n[nH]1. The zero-order valence-corrected chi connectivity index (χ0v) is 9.14. The molecule has 4 nitrogen and oxygen atoms in total. The Hall–Kier alpha value is -1.75. The van der Waals surface area contributed by atoms with Crippen LogP contribution < -0.4 is 5.73 Å². The Labute approximate surface area is 95.9 Å². The number of benzene rings is 1. The Morgan fingerprint density at radius 1 is 1.50 bits per heavy atom. The van der Waals surface area contributed by atoms with Crippen LogP contribution in [0.25, 0.3) is 11.3 Å². The van der Waals surface area contributed by atoms with E-state index in [9.17, 15) is 9.50 Å². The number of hydrogen-bond donors (Lipinski definition) is 3. The first-order chi connectivity index (χ1) is 7.50. The number of hydrogen-bond acceptors (Lipinski definition) is 3. The van der Waals surface area contributed by atoms with Crippen LogP contribution in [0.1, 0.15) is 5.56 Å². The maximum absolute atomic E-state index is 13.5. The van der Waals surface area contributed by atoms with Gasteiger partial charge in [0.15, 0.2) is 0 Å². The normalized spacial score (nSPS) is 10.7. The number of rotatable bonds is 1. The second kappa shape index (κ2) is 3.68. The molecule has 0 aliphatic heterocycles. The van der Waals surface area contributed by atoms with Gasteiger partial charge in [0.05, 0.1) is 10.7 Å². The molecule has 0 aliphatic rings. The standard InChI is InChI=1S/C10H9ClFN3O/c1-4-6(12)2-5(11)10(16)9(4)7-3-8(13)15-14-7/h2-3,16H,1H3,(H3,13,14,15). The van der Waals surface area contributed by atoms with Crippen LogP contribution in [0.4, 0.5) is 10.2 Å². The number of nitrogen functional groups attached to an aromatic ring is 1. The van der Waals surface area contributed by atoms with Gasteiger partial charge in [-0.25, -0.2) is 4.39 Å². The molecule has 0 atom stereocenters. The van der Waals surface area contributed by atoms with Gasteiger partial charge in [-0.15, -0.1) is 0 Å². The number of aromatic nitrogens is 2. The van der Waals surface area contributed by atoms with Crippen molar-refractivity contribution in [2.45, 2.75) is 6.92 Å². The Balaban J connectivity index is 2.73. The van der Waals surface area contributed by atoms with Crippen molar-refractivity contribution in [1.82, 2.24) is 10.2 Å². The van der Waals surface area contributed by atoms with Gasteiger partial charge in [-0.2, -0.15) is 5.10 Å². The summed E-state index contributed by atoms with van der Waals surface area (Å²) in [6.07, 6.45) is 0. The number of H-pyrrole nitrogens is 1. The second-order valence-electron chi connectivity index (χ2n) is 3.40. The van der Waals surface area contributed by atoms with Crippen LogP contribution in [0.5, 0.6) is 5.75 Å². The number of aromatic hydroxyl groups is 1. The summed E-state index contributed by atoms with van der Waals surface area (Å²) in [6.45, 7) is 1.54. The van der Waals surface area contributed by atoms with Crippen molar-refractivity contribution in [1.29, 1.82) is 0 Å². The first kappa shape index (κ1) is 10.8. The van der Waals surface area contributed by atoms with E-state index < -0.39 is 5.82 Å². The van der Waals surface area contributed by atoms with E-state index in [1.54, 1.807) is 0 Å². The van der Waals surface area contributed by atoms with Crippen molar-refractivity contribution in [3.05, 3.63) is 28.5 Å². The third-order valence-electron chi connectivity index (χ3n) is 2.32. The summed E-state index contributed by atoms with van der Waals surface area (Å²) in [7, 11) is 0. The molecule has 0 spiro atoms. The number of anilines is 1. The first-order valence-electron chi connectivity index (χ1n) is 4.49. The quantitative estimate of drug-likeness (QED) is 0.718. The highest BCUT2D eigenvalue weighted by molar-refractivity contribution is 6.32. The van der Waals surface area contributed by atoms with E-state index in [0.29, 0.717) is 5.69 Å². The number of nitrogens with zero attached hydrogens (tertiary/aromatic N) is 1. The molecule has 0 amide bonds. The van der Waals surface area contributed by atoms with Crippen LogP contribution in [0.2, 0.25) is 5.02 Å². The van der Waals surface area contributed by atoms with Crippen molar-refractivity contribution in [3.8, 4) is 17.0 Å². The zero-order chi connectivity index (χ0) is 11.9. The van der Waals surface area contributed by atoms with E-state index >= 15 is 0 Å². The molecule has 1 aromatic heterocycles. The summed E-state index contributed by atoms with van der Waals surface area (Å²) < 4.78 is 13.5. The predicted octanol–water partition coefficient (Wildman–Crippen LogP) is 2.47. The summed E-state index contributed by atoms with van der Waals surface area (Å²) in [5, 5.41) is 16.0. The van der Waals surface area contributed by atoms with Crippen LogP contribution in [-0.4, -0.2) is 15.3 Å². The van der Waals surface area contributed by atoms with Crippen LogP contribution in [0, 0.1) is 12.7 Å². The van der Waals surface area contributed by atoms with E-state index in [1.165, 1.54) is 13.0 Å². The van der Waals surface area contributed by atoms with E-state index in [1.807, 2.05) is 0 Å². The molecule has 1 heterocycles. The third kappa shape index (κ3) is 1.59. The lowest BCUT2D eigenvalue weighted by Gasteiger charge is -2.08. The minimum atomic E-state index is -0.494. The molecule has 0 unspecified atom stereocenters. The first-order valence-corrected chi connectivity index (χ1v) is 4.87. The van der Waals surface area contributed by atoms with Crippen LogP contribution in [0.15, 0.2) is 12.1 Å². The topological polar surface area (TPSA) is 74.9 Å². The summed E-state index contributed by atoms with van der Waals surface area (Å²) in [6, 6.07) is 2.56. The fourth-order valence-corrected chi connectivity index (χ4v) is 1.69. The van der Waals surface area contributed by atoms with Crippen LogP contribution in [0.3, 0.4) is 0 Å². The summed E-state index contributed by atoms with van der Waals surface area (Å²) >= 11 is 5.69. The highest BCUT2D eigenvalue weighted by atomic mass is 35.5. The highest BCUT2D eigenvalue weighted by Crippen LogP contribution is 2.38. The fourth-order valence-electron chi connectivity index (χ4n) is 1.50. The van der Waals surface area contributed by atoms with Gasteiger partial charge in [-0.05, 0) is 18.6 Å². The Kier molecular flexibility index (Phi) is 2.47. The molecule has 2 aromatic rings. The molecule has 4 N–H and O–H groups in total. The van der Waals surface area contributed by atoms with E-state index in [-0.39, 0.29) is 27.7 Å². The summed E-state index contributed by atoms with van der Waals surface area (Å²) in [5.41, 5.74) is 6.42. The van der Waals surface area contributed by atoms with Gasteiger partial charge in [-0.3, -0.25) is 5.10 Å². The smallest absolute Gasteiger partial charge is 0.145 e. The molecule has 2 rings (SSSR count). The Bertz CT molecular complexity index is 527. The molecule has 0 saturated carbocycles. The molecular formula is C10H9ClFN3O. The monoisotopic (exact) mass is 241 g/mol. The van der Waals surface area contributed by atoms with Gasteiger partial charge in [-0.1, -0.05) is 11.6 Å². The minimum absolute atomic E-state index is 0.0497. The highest BCUT2D eigenvalue weighted by Gasteiger charge is 2.17. The lowest BCUT2D eigenvalue weighted by Crippen LogP contribution is -1.90. The van der Waals surface area contributed by atoms with E-state index in [2.05, 4.69) is 10.2 Å². The maximum Gasteiger partial charge on any atom is 0.145 e. The number of phenols is 1. The third-order valence-corrected chi connectivity index (χ3v) is 2.60. The average Bonchev–Trinajstić information content (AvgIpc) is 2.62. The van der Waals surface area contributed by atoms with E-state index in [0.717, 1.165) is 6.07 Å². The van der Waals surface area contributed by atoms with Crippen molar-refractivity contribution in [2.75, 3.05) is 5.73 Å².